The maximum absolute atomic E-state index is 4.46. The largest absolute Gasteiger partial charge is 0.373 e. The van der Waals surface area contributed by atoms with Crippen molar-refractivity contribution in [1.82, 2.24) is 14.9 Å². The molecule has 4 nitrogen and oxygen atoms in total. The molecule has 2 aromatic heterocycles. The molecule has 96 valence electrons. The molecular weight excluding hydrogens is 244 g/mol. The van der Waals surface area contributed by atoms with Crippen molar-refractivity contribution in [1.29, 1.82) is 0 Å². The zero-order chi connectivity index (χ0) is 13.0. The zero-order valence-electron chi connectivity index (χ0n) is 11.0. The Bertz CT molecular complexity index is 496. The summed E-state index contributed by atoms with van der Waals surface area (Å²) < 4.78 is 0. The van der Waals surface area contributed by atoms with Crippen molar-refractivity contribution in [3.8, 4) is 0 Å². The lowest BCUT2D eigenvalue weighted by molar-refractivity contribution is 0.313. The van der Waals surface area contributed by atoms with E-state index in [4.69, 9.17) is 0 Å². The fourth-order valence-electron chi connectivity index (χ4n) is 1.79. The number of hydrogen-bond donors (Lipinski definition) is 1. The van der Waals surface area contributed by atoms with Gasteiger partial charge in [-0.1, -0.05) is 6.07 Å². The topological polar surface area (TPSA) is 41.1 Å². The van der Waals surface area contributed by atoms with Gasteiger partial charge in [0.1, 0.15) is 11.6 Å². The van der Waals surface area contributed by atoms with Crippen LogP contribution in [0.15, 0.2) is 23.6 Å². The van der Waals surface area contributed by atoms with E-state index in [-0.39, 0.29) is 0 Å². The Hall–Kier alpha value is -1.46. The Morgan fingerprint density at radius 2 is 2.17 bits per heavy atom. The van der Waals surface area contributed by atoms with Crippen molar-refractivity contribution < 1.29 is 0 Å². The summed E-state index contributed by atoms with van der Waals surface area (Å²) in [6.07, 6.45) is 0. The Morgan fingerprint density at radius 3 is 2.83 bits per heavy atom. The lowest BCUT2D eigenvalue weighted by atomic mass is 10.4. The van der Waals surface area contributed by atoms with Gasteiger partial charge in [0.25, 0.3) is 0 Å². The van der Waals surface area contributed by atoms with Crippen LogP contribution in [0.2, 0.25) is 0 Å². The van der Waals surface area contributed by atoms with Gasteiger partial charge in [0, 0.05) is 30.2 Å². The van der Waals surface area contributed by atoms with E-state index in [1.165, 1.54) is 4.88 Å². The second-order valence-corrected chi connectivity index (χ2v) is 5.34. The molecule has 0 bridgehead atoms. The highest BCUT2D eigenvalue weighted by Crippen LogP contribution is 2.13. The third-order valence-electron chi connectivity index (χ3n) is 2.57. The molecule has 0 aromatic carbocycles. The number of nitrogens with zero attached hydrogens (tertiary/aromatic N) is 3. The van der Waals surface area contributed by atoms with Gasteiger partial charge in [-0.15, -0.1) is 11.3 Å². The van der Waals surface area contributed by atoms with Crippen molar-refractivity contribution in [2.45, 2.75) is 20.0 Å². The van der Waals surface area contributed by atoms with Crippen molar-refractivity contribution in [3.63, 3.8) is 0 Å². The van der Waals surface area contributed by atoms with Crippen LogP contribution in [0.4, 0.5) is 5.82 Å². The highest BCUT2D eigenvalue weighted by molar-refractivity contribution is 7.09. The van der Waals surface area contributed by atoms with Gasteiger partial charge in [0.15, 0.2) is 0 Å². The summed E-state index contributed by atoms with van der Waals surface area (Å²) in [5.74, 6) is 1.74. The number of anilines is 1. The highest BCUT2D eigenvalue weighted by Gasteiger charge is 2.06. The zero-order valence-corrected chi connectivity index (χ0v) is 11.8. The van der Waals surface area contributed by atoms with Crippen LogP contribution in [0.3, 0.4) is 0 Å². The predicted molar refractivity (Wildman–Crippen MR) is 75.8 cm³/mol. The number of hydrogen-bond acceptors (Lipinski definition) is 5. The van der Waals surface area contributed by atoms with Crippen molar-refractivity contribution in [3.05, 3.63) is 40.0 Å². The quantitative estimate of drug-likeness (QED) is 0.899. The van der Waals surface area contributed by atoms with Crippen molar-refractivity contribution >= 4 is 17.2 Å². The Kier molecular flexibility index (Phi) is 4.28. The molecule has 2 rings (SSSR count). The third-order valence-corrected chi connectivity index (χ3v) is 3.44. The second kappa shape index (κ2) is 5.93. The summed E-state index contributed by atoms with van der Waals surface area (Å²) in [5.41, 5.74) is 0.994. The van der Waals surface area contributed by atoms with Crippen LogP contribution in [-0.4, -0.2) is 29.0 Å². The average molecular weight is 262 g/mol. The van der Waals surface area contributed by atoms with Crippen LogP contribution >= 0.6 is 11.3 Å². The SMILES string of the molecule is CNc1cc(C)nc(CN(C)Cc2cccs2)n1. The molecule has 0 radical (unpaired) electrons. The summed E-state index contributed by atoms with van der Waals surface area (Å²) >= 11 is 1.78. The van der Waals surface area contributed by atoms with Crippen molar-refractivity contribution in [2.24, 2.45) is 0 Å². The van der Waals surface area contributed by atoms with E-state index in [1.54, 1.807) is 11.3 Å². The molecule has 0 fully saturated rings. The van der Waals surface area contributed by atoms with Gasteiger partial charge in [-0.2, -0.15) is 0 Å². The fraction of sp³-hybridized carbons (Fsp3) is 0.385. The van der Waals surface area contributed by atoms with Crippen LogP contribution in [-0.2, 0) is 13.1 Å². The Morgan fingerprint density at radius 1 is 1.33 bits per heavy atom. The third kappa shape index (κ3) is 3.51. The molecule has 0 amide bonds. The maximum Gasteiger partial charge on any atom is 0.144 e. The first-order valence-electron chi connectivity index (χ1n) is 5.90. The van der Waals surface area contributed by atoms with Crippen molar-refractivity contribution in [2.75, 3.05) is 19.4 Å². The molecule has 0 atom stereocenters. The predicted octanol–water partition coefficient (Wildman–Crippen LogP) is 2.52. The molecule has 0 saturated carbocycles. The number of thiophene rings is 1. The Labute approximate surface area is 112 Å². The molecular formula is C13H18N4S. The number of nitrogens with one attached hydrogen (secondary N) is 1. The van der Waals surface area contributed by atoms with Crippen LogP contribution in [0.25, 0.3) is 0 Å². The van der Waals surface area contributed by atoms with E-state index < -0.39 is 0 Å². The standard InChI is InChI=1S/C13H18N4S/c1-10-7-12(14-2)16-13(15-10)9-17(3)8-11-5-4-6-18-11/h4-7H,8-9H2,1-3H3,(H,14,15,16). The molecule has 0 saturated heterocycles. The summed E-state index contributed by atoms with van der Waals surface area (Å²) in [5, 5.41) is 5.16. The maximum atomic E-state index is 4.46. The molecule has 5 heteroatoms. The fourth-order valence-corrected chi connectivity index (χ4v) is 2.58. The molecule has 1 N–H and O–H groups in total. The summed E-state index contributed by atoms with van der Waals surface area (Å²) in [7, 11) is 3.96. The lowest BCUT2D eigenvalue weighted by Gasteiger charge is -2.15. The Balaban J connectivity index is 2.02. The molecule has 18 heavy (non-hydrogen) atoms. The van der Waals surface area contributed by atoms with E-state index in [1.807, 2.05) is 20.0 Å². The van der Waals surface area contributed by atoms with Gasteiger partial charge in [-0.3, -0.25) is 4.90 Å². The van der Waals surface area contributed by atoms with Gasteiger partial charge in [-0.25, -0.2) is 9.97 Å². The second-order valence-electron chi connectivity index (χ2n) is 4.31. The van der Waals surface area contributed by atoms with E-state index in [0.29, 0.717) is 0 Å². The molecule has 0 aliphatic rings. The molecule has 0 aliphatic carbocycles. The van der Waals surface area contributed by atoms with Gasteiger partial charge in [-0.05, 0) is 25.4 Å². The molecule has 2 aromatic rings. The molecule has 2 heterocycles. The minimum absolute atomic E-state index is 0.758. The normalized spacial score (nSPS) is 10.9. The molecule has 0 unspecified atom stereocenters. The van der Waals surface area contributed by atoms with Gasteiger partial charge in [0.2, 0.25) is 0 Å². The summed E-state index contributed by atoms with van der Waals surface area (Å²) in [6, 6.07) is 6.18. The first-order valence-corrected chi connectivity index (χ1v) is 6.78. The van der Waals surface area contributed by atoms with E-state index in [9.17, 15) is 0 Å². The van der Waals surface area contributed by atoms with E-state index in [2.05, 4.69) is 44.7 Å². The van der Waals surface area contributed by atoms with Crippen LogP contribution in [0, 0.1) is 6.92 Å². The molecule has 0 spiro atoms. The average Bonchev–Trinajstić information content (AvgIpc) is 2.80. The molecule has 0 aliphatic heterocycles. The minimum atomic E-state index is 0.758. The monoisotopic (exact) mass is 262 g/mol. The summed E-state index contributed by atoms with van der Waals surface area (Å²) in [4.78, 5) is 12.5. The van der Waals surface area contributed by atoms with Crippen LogP contribution in [0.5, 0.6) is 0 Å². The number of aryl methyl sites for hydroxylation is 1. The first-order chi connectivity index (χ1) is 8.67. The van der Waals surface area contributed by atoms with Crippen LogP contribution in [0.1, 0.15) is 16.4 Å². The highest BCUT2D eigenvalue weighted by atomic mass is 32.1. The minimum Gasteiger partial charge on any atom is -0.373 e. The first kappa shape index (κ1) is 13.0. The number of rotatable bonds is 5. The smallest absolute Gasteiger partial charge is 0.144 e. The van der Waals surface area contributed by atoms with Crippen LogP contribution < -0.4 is 5.32 Å². The van der Waals surface area contributed by atoms with Gasteiger partial charge >= 0.3 is 0 Å². The van der Waals surface area contributed by atoms with E-state index >= 15 is 0 Å². The number of aromatic nitrogens is 2. The van der Waals surface area contributed by atoms with Gasteiger partial charge in [0.05, 0.1) is 6.54 Å². The summed E-state index contributed by atoms with van der Waals surface area (Å²) in [6.45, 7) is 3.68. The lowest BCUT2D eigenvalue weighted by Crippen LogP contribution is -2.19. The van der Waals surface area contributed by atoms with E-state index in [0.717, 1.165) is 30.4 Å². The van der Waals surface area contributed by atoms with Gasteiger partial charge < -0.3 is 5.32 Å².